The Kier molecular flexibility index (Phi) is 6.22. The van der Waals surface area contributed by atoms with E-state index in [1.165, 1.54) is 0 Å². The summed E-state index contributed by atoms with van der Waals surface area (Å²) < 4.78 is 0. The van der Waals surface area contributed by atoms with Crippen LogP contribution in [0.25, 0.3) is 0 Å². The van der Waals surface area contributed by atoms with Crippen LogP contribution in [-0.4, -0.2) is 40.2 Å². The van der Waals surface area contributed by atoms with Crippen molar-refractivity contribution < 1.29 is 9.90 Å². The maximum absolute atomic E-state index is 12.4. The molecule has 0 unspecified atom stereocenters. The quantitative estimate of drug-likeness (QED) is 0.788. The lowest BCUT2D eigenvalue weighted by Gasteiger charge is -2.26. The summed E-state index contributed by atoms with van der Waals surface area (Å²) in [6.45, 7) is 1.16. The van der Waals surface area contributed by atoms with Gasteiger partial charge in [-0.05, 0) is 43.4 Å². The molecule has 1 aliphatic rings. The molecule has 2 amide bonds. The number of rotatable bonds is 6. The van der Waals surface area contributed by atoms with E-state index in [9.17, 15) is 4.79 Å². The predicted octanol–water partition coefficient (Wildman–Crippen LogP) is 2.08. The summed E-state index contributed by atoms with van der Waals surface area (Å²) in [4.78, 5) is 18.1. The molecule has 2 rings (SSSR count). The Morgan fingerprint density at radius 2 is 2.24 bits per heavy atom. The van der Waals surface area contributed by atoms with E-state index < -0.39 is 0 Å². The zero-order valence-electron chi connectivity index (χ0n) is 12.2. The second-order valence-electron chi connectivity index (χ2n) is 5.27. The number of hydrogen-bond donors (Lipinski definition) is 2. The number of carbonyl (C=O) groups excluding carboxylic acids is 1. The van der Waals surface area contributed by atoms with Gasteiger partial charge in [-0.3, -0.25) is 4.98 Å². The SMILES string of the molecule is O=C(N[C@H]1C=CCCC1)N(CCCO)Cc1ccncc1. The van der Waals surface area contributed by atoms with E-state index in [1.807, 2.05) is 12.1 Å². The minimum atomic E-state index is -0.0724. The highest BCUT2D eigenvalue weighted by molar-refractivity contribution is 5.74. The minimum Gasteiger partial charge on any atom is -0.396 e. The van der Waals surface area contributed by atoms with Crippen molar-refractivity contribution in [1.82, 2.24) is 15.2 Å². The second kappa shape index (κ2) is 8.42. The molecule has 1 aromatic heterocycles. The molecular formula is C16H23N3O2. The highest BCUT2D eigenvalue weighted by Gasteiger charge is 2.17. The van der Waals surface area contributed by atoms with Gasteiger partial charge in [-0.15, -0.1) is 0 Å². The standard InChI is InChI=1S/C16H23N3O2/c20-12-4-11-19(13-14-7-9-17-10-8-14)16(21)18-15-5-2-1-3-6-15/h2,5,7-10,15,20H,1,3-4,6,11-13H2,(H,18,21)/t15-/m0/s1. The fourth-order valence-electron chi connectivity index (χ4n) is 2.41. The van der Waals surface area contributed by atoms with Gasteiger partial charge in [-0.2, -0.15) is 0 Å². The largest absolute Gasteiger partial charge is 0.396 e. The van der Waals surface area contributed by atoms with Crippen molar-refractivity contribution >= 4 is 6.03 Å². The highest BCUT2D eigenvalue weighted by atomic mass is 16.3. The third kappa shape index (κ3) is 5.19. The summed E-state index contributed by atoms with van der Waals surface area (Å²) >= 11 is 0. The highest BCUT2D eigenvalue weighted by Crippen LogP contribution is 2.11. The van der Waals surface area contributed by atoms with Crippen LogP contribution in [0.5, 0.6) is 0 Å². The van der Waals surface area contributed by atoms with Crippen LogP contribution in [0.4, 0.5) is 4.79 Å². The zero-order valence-corrected chi connectivity index (χ0v) is 12.2. The molecule has 114 valence electrons. The molecule has 1 aliphatic carbocycles. The number of hydrogen-bond acceptors (Lipinski definition) is 3. The number of pyridine rings is 1. The molecule has 21 heavy (non-hydrogen) atoms. The number of aliphatic hydroxyl groups is 1. The monoisotopic (exact) mass is 289 g/mol. The van der Waals surface area contributed by atoms with Crippen LogP contribution in [-0.2, 0) is 6.54 Å². The Bertz CT molecular complexity index is 462. The molecule has 1 heterocycles. The van der Waals surface area contributed by atoms with Crippen molar-refractivity contribution in [2.75, 3.05) is 13.2 Å². The molecule has 0 fully saturated rings. The first kappa shape index (κ1) is 15.5. The minimum absolute atomic E-state index is 0.0724. The summed E-state index contributed by atoms with van der Waals surface area (Å²) in [6, 6.07) is 3.86. The molecule has 1 atom stereocenters. The lowest BCUT2D eigenvalue weighted by molar-refractivity contribution is 0.184. The van der Waals surface area contributed by atoms with E-state index in [4.69, 9.17) is 5.11 Å². The van der Waals surface area contributed by atoms with Gasteiger partial charge in [0.15, 0.2) is 0 Å². The molecule has 0 radical (unpaired) electrons. The molecule has 0 saturated heterocycles. The molecular weight excluding hydrogens is 266 g/mol. The third-order valence-corrected chi connectivity index (χ3v) is 3.56. The number of nitrogens with zero attached hydrogens (tertiary/aromatic N) is 2. The number of aliphatic hydroxyl groups excluding tert-OH is 1. The molecule has 2 N–H and O–H groups in total. The van der Waals surface area contributed by atoms with Gasteiger partial charge in [0.2, 0.25) is 0 Å². The normalized spacial score (nSPS) is 17.5. The Labute approximate surface area is 125 Å². The maximum atomic E-state index is 12.4. The molecule has 0 spiro atoms. The molecule has 5 heteroatoms. The Morgan fingerprint density at radius 3 is 2.90 bits per heavy atom. The average Bonchev–Trinajstić information content (AvgIpc) is 2.53. The van der Waals surface area contributed by atoms with Gasteiger partial charge in [0.05, 0.1) is 0 Å². The third-order valence-electron chi connectivity index (χ3n) is 3.56. The van der Waals surface area contributed by atoms with E-state index in [2.05, 4.69) is 22.5 Å². The van der Waals surface area contributed by atoms with Gasteiger partial charge >= 0.3 is 6.03 Å². The van der Waals surface area contributed by atoms with Crippen LogP contribution >= 0.6 is 0 Å². The summed E-state index contributed by atoms with van der Waals surface area (Å²) in [6.07, 6.45) is 11.4. The first-order valence-electron chi connectivity index (χ1n) is 7.51. The number of urea groups is 1. The van der Waals surface area contributed by atoms with E-state index in [0.29, 0.717) is 19.5 Å². The summed E-state index contributed by atoms with van der Waals surface area (Å²) in [5, 5.41) is 12.1. The molecule has 0 bridgehead atoms. The number of allylic oxidation sites excluding steroid dienone is 1. The Balaban J connectivity index is 1.95. The van der Waals surface area contributed by atoms with Crippen LogP contribution in [0.15, 0.2) is 36.7 Å². The Hall–Kier alpha value is -1.88. The number of aromatic nitrogens is 1. The Morgan fingerprint density at radius 1 is 1.43 bits per heavy atom. The van der Waals surface area contributed by atoms with Crippen LogP contribution in [0.3, 0.4) is 0 Å². The van der Waals surface area contributed by atoms with Gasteiger partial charge in [0, 0.05) is 38.1 Å². The van der Waals surface area contributed by atoms with Crippen molar-refractivity contribution in [2.24, 2.45) is 0 Å². The topological polar surface area (TPSA) is 65.5 Å². The van der Waals surface area contributed by atoms with Crippen LogP contribution in [0.2, 0.25) is 0 Å². The lowest BCUT2D eigenvalue weighted by atomic mass is 10.0. The van der Waals surface area contributed by atoms with Gasteiger partial charge < -0.3 is 15.3 Å². The molecule has 0 aromatic carbocycles. The van der Waals surface area contributed by atoms with Gasteiger partial charge in [0.1, 0.15) is 0 Å². The molecule has 5 nitrogen and oxygen atoms in total. The maximum Gasteiger partial charge on any atom is 0.318 e. The number of carbonyl (C=O) groups is 1. The molecule has 0 aliphatic heterocycles. The first-order valence-corrected chi connectivity index (χ1v) is 7.51. The second-order valence-corrected chi connectivity index (χ2v) is 5.27. The first-order chi connectivity index (χ1) is 10.3. The van der Waals surface area contributed by atoms with Crippen LogP contribution in [0.1, 0.15) is 31.2 Å². The van der Waals surface area contributed by atoms with Gasteiger partial charge in [-0.1, -0.05) is 12.2 Å². The van der Waals surface area contributed by atoms with E-state index in [0.717, 1.165) is 24.8 Å². The average molecular weight is 289 g/mol. The van der Waals surface area contributed by atoms with Crippen molar-refractivity contribution in [3.63, 3.8) is 0 Å². The smallest absolute Gasteiger partial charge is 0.318 e. The molecule has 0 saturated carbocycles. The molecule has 1 aromatic rings. The number of amides is 2. The fourth-order valence-corrected chi connectivity index (χ4v) is 2.41. The fraction of sp³-hybridized carbons (Fsp3) is 0.500. The van der Waals surface area contributed by atoms with Crippen molar-refractivity contribution in [3.8, 4) is 0 Å². The van der Waals surface area contributed by atoms with E-state index >= 15 is 0 Å². The van der Waals surface area contributed by atoms with Crippen molar-refractivity contribution in [3.05, 3.63) is 42.2 Å². The predicted molar refractivity (Wildman–Crippen MR) is 81.7 cm³/mol. The zero-order chi connectivity index (χ0) is 14.9. The lowest BCUT2D eigenvalue weighted by Crippen LogP contribution is -2.44. The summed E-state index contributed by atoms with van der Waals surface area (Å²) in [7, 11) is 0. The summed E-state index contributed by atoms with van der Waals surface area (Å²) in [5.41, 5.74) is 1.04. The summed E-state index contributed by atoms with van der Waals surface area (Å²) in [5.74, 6) is 0. The van der Waals surface area contributed by atoms with E-state index in [1.54, 1.807) is 17.3 Å². The van der Waals surface area contributed by atoms with Gasteiger partial charge in [0.25, 0.3) is 0 Å². The van der Waals surface area contributed by atoms with E-state index in [-0.39, 0.29) is 18.7 Å². The number of nitrogens with one attached hydrogen (secondary N) is 1. The van der Waals surface area contributed by atoms with Crippen LogP contribution < -0.4 is 5.32 Å². The van der Waals surface area contributed by atoms with Crippen molar-refractivity contribution in [2.45, 2.75) is 38.3 Å². The van der Waals surface area contributed by atoms with Crippen LogP contribution in [0, 0.1) is 0 Å². The van der Waals surface area contributed by atoms with Gasteiger partial charge in [-0.25, -0.2) is 4.79 Å². The van der Waals surface area contributed by atoms with Crippen molar-refractivity contribution in [1.29, 1.82) is 0 Å².